The average molecular weight is 503 g/mol. The molecule has 0 radical (unpaired) electrons. The first kappa shape index (κ1) is 22.1. The number of benzene rings is 1. The predicted octanol–water partition coefficient (Wildman–Crippen LogP) is 5.63. The molecule has 4 heterocycles. The van der Waals surface area contributed by atoms with E-state index in [2.05, 4.69) is 20.5 Å². The normalized spacial score (nSPS) is 11.8. The molecule has 0 aliphatic heterocycles. The maximum atomic E-state index is 13.7. The standard InChI is InChI=1S/C22H14ClF3N6OS/c23-18-7-6-16(34-18)14-10-17(22(24,25)26)32-20(27-14)11-15(29-32)21(33)28-19-8-9-31(30-19)12-13-4-2-1-3-5-13/h1-11H,12H2,(H,28,30,33). The first-order chi connectivity index (χ1) is 16.3. The number of carbonyl (C=O) groups is 1. The highest BCUT2D eigenvalue weighted by atomic mass is 35.5. The van der Waals surface area contributed by atoms with Crippen molar-refractivity contribution in [3.05, 3.63) is 88.1 Å². The smallest absolute Gasteiger partial charge is 0.304 e. The fourth-order valence-electron chi connectivity index (χ4n) is 3.33. The Bertz CT molecular complexity index is 1490. The summed E-state index contributed by atoms with van der Waals surface area (Å²) >= 11 is 7.02. The second kappa shape index (κ2) is 8.58. The molecule has 12 heteroatoms. The molecule has 172 valence electrons. The monoisotopic (exact) mass is 502 g/mol. The third kappa shape index (κ3) is 4.52. The lowest BCUT2D eigenvalue weighted by Crippen LogP contribution is -2.16. The zero-order valence-electron chi connectivity index (χ0n) is 17.1. The van der Waals surface area contributed by atoms with Gasteiger partial charge in [0.15, 0.2) is 22.9 Å². The largest absolute Gasteiger partial charge is 0.433 e. The Hall–Kier alpha value is -3.70. The van der Waals surface area contributed by atoms with Gasteiger partial charge in [-0.25, -0.2) is 9.50 Å². The fraction of sp³-hybridized carbons (Fsp3) is 0.0909. The van der Waals surface area contributed by atoms with Crippen LogP contribution in [0.5, 0.6) is 0 Å². The lowest BCUT2D eigenvalue weighted by molar-refractivity contribution is -0.142. The number of anilines is 1. The summed E-state index contributed by atoms with van der Waals surface area (Å²) in [5, 5.41) is 10.7. The molecule has 0 spiro atoms. The van der Waals surface area contributed by atoms with Crippen LogP contribution in [-0.4, -0.2) is 30.3 Å². The van der Waals surface area contributed by atoms with Crippen LogP contribution in [0.1, 0.15) is 21.7 Å². The second-order valence-electron chi connectivity index (χ2n) is 7.27. The number of aromatic nitrogens is 5. The summed E-state index contributed by atoms with van der Waals surface area (Å²) in [7, 11) is 0. The number of hydrogen-bond acceptors (Lipinski definition) is 5. The van der Waals surface area contributed by atoms with E-state index in [9.17, 15) is 18.0 Å². The summed E-state index contributed by atoms with van der Waals surface area (Å²) in [5.41, 5.74) is -0.282. The minimum absolute atomic E-state index is 0.0863. The molecule has 0 bridgehead atoms. The van der Waals surface area contributed by atoms with Crippen LogP contribution in [0.25, 0.3) is 16.2 Å². The van der Waals surface area contributed by atoms with Crippen LogP contribution in [0.2, 0.25) is 4.34 Å². The summed E-state index contributed by atoms with van der Waals surface area (Å²) in [4.78, 5) is 17.4. The van der Waals surface area contributed by atoms with E-state index >= 15 is 0 Å². The van der Waals surface area contributed by atoms with Crippen LogP contribution in [0, 0.1) is 0 Å². The molecular formula is C22H14ClF3N6OS. The average Bonchev–Trinajstić information content (AvgIpc) is 3.52. The second-order valence-corrected chi connectivity index (χ2v) is 8.98. The van der Waals surface area contributed by atoms with Crippen molar-refractivity contribution in [2.45, 2.75) is 12.7 Å². The minimum Gasteiger partial charge on any atom is -0.304 e. The third-order valence-electron chi connectivity index (χ3n) is 4.85. The number of halogens is 4. The Morgan fingerprint density at radius 3 is 2.56 bits per heavy atom. The van der Waals surface area contributed by atoms with Crippen molar-refractivity contribution in [1.82, 2.24) is 24.4 Å². The lowest BCUT2D eigenvalue weighted by atomic mass is 10.2. The predicted molar refractivity (Wildman–Crippen MR) is 122 cm³/mol. The van der Waals surface area contributed by atoms with E-state index in [0.717, 1.165) is 23.0 Å². The van der Waals surface area contributed by atoms with E-state index < -0.39 is 17.8 Å². The van der Waals surface area contributed by atoms with Gasteiger partial charge >= 0.3 is 6.18 Å². The number of nitrogens with one attached hydrogen (secondary N) is 1. The molecule has 0 aliphatic carbocycles. The molecule has 1 N–H and O–H groups in total. The Morgan fingerprint density at radius 2 is 1.85 bits per heavy atom. The van der Waals surface area contributed by atoms with Gasteiger partial charge in [0, 0.05) is 18.3 Å². The van der Waals surface area contributed by atoms with E-state index in [-0.39, 0.29) is 22.9 Å². The maximum Gasteiger partial charge on any atom is 0.433 e. The van der Waals surface area contributed by atoms with Crippen molar-refractivity contribution in [3.63, 3.8) is 0 Å². The van der Waals surface area contributed by atoms with Gasteiger partial charge in [-0.2, -0.15) is 23.4 Å². The fourth-order valence-corrected chi connectivity index (χ4v) is 4.34. The maximum absolute atomic E-state index is 13.7. The number of hydrogen-bond donors (Lipinski definition) is 1. The molecule has 0 saturated heterocycles. The minimum atomic E-state index is -4.72. The highest BCUT2D eigenvalue weighted by Gasteiger charge is 2.36. The van der Waals surface area contributed by atoms with Crippen molar-refractivity contribution in [2.75, 3.05) is 5.32 Å². The van der Waals surface area contributed by atoms with Gasteiger partial charge in [-0.1, -0.05) is 41.9 Å². The third-order valence-corrected chi connectivity index (χ3v) is 6.10. The summed E-state index contributed by atoms with van der Waals surface area (Å²) in [6.45, 7) is 0.499. The topological polar surface area (TPSA) is 77.1 Å². The van der Waals surface area contributed by atoms with Gasteiger partial charge in [0.2, 0.25) is 0 Å². The van der Waals surface area contributed by atoms with E-state index in [1.807, 2.05) is 30.3 Å². The molecular weight excluding hydrogens is 489 g/mol. The Morgan fingerprint density at radius 1 is 1.06 bits per heavy atom. The van der Waals surface area contributed by atoms with Crippen LogP contribution >= 0.6 is 22.9 Å². The molecule has 0 atom stereocenters. The quantitative estimate of drug-likeness (QED) is 0.338. The zero-order valence-corrected chi connectivity index (χ0v) is 18.7. The number of rotatable bonds is 5. The Balaban J connectivity index is 1.43. The van der Waals surface area contributed by atoms with Gasteiger partial charge < -0.3 is 5.32 Å². The van der Waals surface area contributed by atoms with Crippen molar-refractivity contribution in [1.29, 1.82) is 0 Å². The summed E-state index contributed by atoms with van der Waals surface area (Å²) in [6, 6.07) is 16.5. The van der Waals surface area contributed by atoms with Gasteiger partial charge in [-0.3, -0.25) is 9.48 Å². The SMILES string of the molecule is O=C(Nc1ccn(Cc2ccccc2)n1)c1cc2nc(-c3ccc(Cl)s3)cc(C(F)(F)F)n2n1. The van der Waals surface area contributed by atoms with Crippen LogP contribution in [0.15, 0.2) is 66.9 Å². The van der Waals surface area contributed by atoms with E-state index in [4.69, 9.17) is 11.6 Å². The summed E-state index contributed by atoms with van der Waals surface area (Å²) < 4.78 is 43.9. The van der Waals surface area contributed by atoms with E-state index in [0.29, 0.717) is 20.3 Å². The number of nitrogens with zero attached hydrogens (tertiary/aromatic N) is 5. The summed E-state index contributed by atoms with van der Waals surface area (Å²) in [6.07, 6.45) is -3.03. The molecule has 7 nitrogen and oxygen atoms in total. The number of carbonyl (C=O) groups excluding carboxylic acids is 1. The molecule has 0 aliphatic rings. The van der Waals surface area contributed by atoms with Crippen molar-refractivity contribution in [3.8, 4) is 10.6 Å². The number of alkyl halides is 3. The van der Waals surface area contributed by atoms with Crippen molar-refractivity contribution < 1.29 is 18.0 Å². The van der Waals surface area contributed by atoms with Gasteiger partial charge in [0.25, 0.3) is 5.91 Å². The molecule has 0 fully saturated rings. The molecule has 1 amide bonds. The number of thiophene rings is 1. The van der Waals surface area contributed by atoms with Gasteiger partial charge in [0.05, 0.1) is 21.5 Å². The molecule has 4 aromatic heterocycles. The van der Waals surface area contributed by atoms with Crippen molar-refractivity contribution in [2.24, 2.45) is 0 Å². The molecule has 1 aromatic carbocycles. The highest BCUT2D eigenvalue weighted by molar-refractivity contribution is 7.19. The highest BCUT2D eigenvalue weighted by Crippen LogP contribution is 2.35. The first-order valence-electron chi connectivity index (χ1n) is 9.89. The summed E-state index contributed by atoms with van der Waals surface area (Å²) in [5.74, 6) is -0.458. The molecule has 34 heavy (non-hydrogen) atoms. The molecule has 0 saturated carbocycles. The van der Waals surface area contributed by atoms with Crippen LogP contribution in [-0.2, 0) is 12.7 Å². The Kier molecular flexibility index (Phi) is 5.58. The van der Waals surface area contributed by atoms with Crippen LogP contribution in [0.3, 0.4) is 0 Å². The van der Waals surface area contributed by atoms with Gasteiger partial charge in [-0.15, -0.1) is 11.3 Å². The number of amides is 1. The Labute approximate surface area is 199 Å². The first-order valence-corrected chi connectivity index (χ1v) is 11.1. The molecule has 5 aromatic rings. The van der Waals surface area contributed by atoms with Crippen LogP contribution < -0.4 is 5.32 Å². The van der Waals surface area contributed by atoms with Gasteiger partial charge in [0.1, 0.15) is 0 Å². The lowest BCUT2D eigenvalue weighted by Gasteiger charge is -2.10. The molecule has 0 unspecified atom stereocenters. The van der Waals surface area contributed by atoms with E-state index in [1.54, 1.807) is 29.1 Å². The zero-order chi connectivity index (χ0) is 23.9. The van der Waals surface area contributed by atoms with Crippen LogP contribution in [0.4, 0.5) is 19.0 Å². The van der Waals surface area contributed by atoms with Gasteiger partial charge in [-0.05, 0) is 23.8 Å². The van der Waals surface area contributed by atoms with Crippen molar-refractivity contribution >= 4 is 40.3 Å². The molecule has 5 rings (SSSR count). The number of fused-ring (bicyclic) bond motifs is 1. The van der Waals surface area contributed by atoms with E-state index in [1.165, 1.54) is 6.07 Å².